The smallest absolute Gasteiger partial charge is 0.162 e. The quantitative estimate of drug-likeness (QED) is 0.620. The van der Waals surface area contributed by atoms with Crippen LogP contribution in [-0.4, -0.2) is 5.78 Å². The predicted molar refractivity (Wildman–Crippen MR) is 85.8 cm³/mol. The molecule has 1 heteroatoms. The van der Waals surface area contributed by atoms with Crippen LogP contribution in [0.25, 0.3) is 0 Å². The van der Waals surface area contributed by atoms with Gasteiger partial charge in [0.2, 0.25) is 0 Å². The van der Waals surface area contributed by atoms with Crippen molar-refractivity contribution in [2.75, 3.05) is 0 Å². The minimum atomic E-state index is 0.322. The molecular weight excluding hydrogens is 244 g/mol. The molecule has 0 radical (unpaired) electrons. The van der Waals surface area contributed by atoms with Gasteiger partial charge in [-0.3, -0.25) is 4.79 Å². The normalized spacial score (nSPS) is 29.8. The first kappa shape index (κ1) is 15.8. The Morgan fingerprint density at radius 3 is 2.10 bits per heavy atom. The molecule has 0 heterocycles. The first-order chi connectivity index (χ1) is 9.79. The molecule has 0 aromatic carbocycles. The van der Waals surface area contributed by atoms with Gasteiger partial charge < -0.3 is 0 Å². The summed E-state index contributed by atoms with van der Waals surface area (Å²) in [6, 6.07) is 0. The van der Waals surface area contributed by atoms with Crippen molar-refractivity contribution in [1.29, 1.82) is 0 Å². The number of hydrogen-bond donors (Lipinski definition) is 0. The van der Waals surface area contributed by atoms with E-state index in [0.717, 1.165) is 12.8 Å². The van der Waals surface area contributed by atoms with Crippen LogP contribution in [0.4, 0.5) is 0 Å². The molecule has 0 aromatic rings. The Balaban J connectivity index is 2.14. The van der Waals surface area contributed by atoms with Gasteiger partial charge in [-0.25, -0.2) is 0 Å². The van der Waals surface area contributed by atoms with E-state index in [1.54, 1.807) is 5.57 Å². The van der Waals surface area contributed by atoms with Crippen LogP contribution in [0.15, 0.2) is 11.1 Å². The van der Waals surface area contributed by atoms with Crippen molar-refractivity contribution in [3.05, 3.63) is 11.1 Å². The molecule has 0 aliphatic heterocycles. The molecule has 0 N–H and O–H groups in total. The van der Waals surface area contributed by atoms with Gasteiger partial charge in [0.05, 0.1) is 0 Å². The van der Waals surface area contributed by atoms with Crippen molar-refractivity contribution < 1.29 is 4.79 Å². The molecule has 1 saturated carbocycles. The van der Waals surface area contributed by atoms with E-state index >= 15 is 0 Å². The molecule has 20 heavy (non-hydrogen) atoms. The summed E-state index contributed by atoms with van der Waals surface area (Å²) >= 11 is 0. The third-order valence-corrected chi connectivity index (χ3v) is 5.46. The second-order valence-corrected chi connectivity index (χ2v) is 6.71. The predicted octanol–water partition coefficient (Wildman–Crippen LogP) is 5.83. The summed E-state index contributed by atoms with van der Waals surface area (Å²) in [6.07, 6.45) is 15.5. The van der Waals surface area contributed by atoms with Gasteiger partial charge in [-0.2, -0.15) is 0 Å². The number of Topliss-reactive ketones (excluding diaryl/α,β-unsaturated/α-hetero) is 1. The van der Waals surface area contributed by atoms with E-state index < -0.39 is 0 Å². The zero-order valence-electron chi connectivity index (χ0n) is 13.5. The van der Waals surface area contributed by atoms with E-state index in [9.17, 15) is 4.79 Å². The largest absolute Gasteiger partial charge is 0.294 e. The molecule has 0 amide bonds. The third-order valence-electron chi connectivity index (χ3n) is 5.46. The lowest BCUT2D eigenvalue weighted by Gasteiger charge is -2.21. The molecule has 0 bridgehead atoms. The van der Waals surface area contributed by atoms with E-state index in [-0.39, 0.29) is 0 Å². The monoisotopic (exact) mass is 276 g/mol. The van der Waals surface area contributed by atoms with Crippen LogP contribution >= 0.6 is 0 Å². The maximum absolute atomic E-state index is 12.6. The number of ketones is 1. The molecule has 2 aliphatic carbocycles. The second-order valence-electron chi connectivity index (χ2n) is 6.71. The molecule has 2 rings (SSSR count). The van der Waals surface area contributed by atoms with E-state index in [0.29, 0.717) is 17.6 Å². The molecule has 2 unspecified atom stereocenters. The van der Waals surface area contributed by atoms with Crippen LogP contribution in [0.5, 0.6) is 0 Å². The van der Waals surface area contributed by atoms with Crippen LogP contribution in [0.3, 0.4) is 0 Å². The number of fused-ring (bicyclic) bond motifs is 1. The summed E-state index contributed by atoms with van der Waals surface area (Å²) in [5.74, 6) is 1.43. The SMILES string of the molecule is CCC1=C2CCCCCCCCCCC2C(CC)C1=O. The summed E-state index contributed by atoms with van der Waals surface area (Å²) in [5.41, 5.74) is 2.80. The van der Waals surface area contributed by atoms with Crippen molar-refractivity contribution in [2.45, 2.75) is 90.9 Å². The lowest BCUT2D eigenvalue weighted by molar-refractivity contribution is -0.119. The number of allylic oxidation sites excluding steroid dienone is 2. The summed E-state index contributed by atoms with van der Waals surface area (Å²) in [7, 11) is 0. The highest BCUT2D eigenvalue weighted by molar-refractivity contribution is 6.01. The van der Waals surface area contributed by atoms with Crippen LogP contribution in [0.1, 0.15) is 90.9 Å². The van der Waals surface area contributed by atoms with Gasteiger partial charge in [-0.15, -0.1) is 0 Å². The lowest BCUT2D eigenvalue weighted by atomic mass is 9.82. The molecule has 0 spiro atoms. The van der Waals surface area contributed by atoms with Gasteiger partial charge in [0.15, 0.2) is 5.78 Å². The Hall–Kier alpha value is -0.590. The molecular formula is C19H32O. The average Bonchev–Trinajstić information content (AvgIpc) is 2.69. The highest BCUT2D eigenvalue weighted by Crippen LogP contribution is 2.43. The Bertz CT molecular complexity index is 353. The fourth-order valence-corrected chi connectivity index (χ4v) is 4.35. The van der Waals surface area contributed by atoms with Crippen molar-refractivity contribution in [3.63, 3.8) is 0 Å². The maximum Gasteiger partial charge on any atom is 0.162 e. The molecule has 0 aromatic heterocycles. The molecule has 1 nitrogen and oxygen atoms in total. The molecule has 1 fully saturated rings. The minimum absolute atomic E-state index is 0.322. The van der Waals surface area contributed by atoms with Gasteiger partial charge in [0, 0.05) is 5.92 Å². The highest BCUT2D eigenvalue weighted by atomic mass is 16.1. The summed E-state index contributed by atoms with van der Waals surface area (Å²) in [4.78, 5) is 12.6. The standard InChI is InChI=1S/C19H32O/c1-3-15-17-13-11-9-7-5-6-8-10-12-14-18(17)16(4-2)19(15)20/h15,17H,3-14H2,1-2H3. The lowest BCUT2D eigenvalue weighted by Crippen LogP contribution is -2.17. The van der Waals surface area contributed by atoms with E-state index in [1.165, 1.54) is 69.8 Å². The minimum Gasteiger partial charge on any atom is -0.294 e. The zero-order valence-corrected chi connectivity index (χ0v) is 13.5. The number of carbonyl (C=O) groups is 1. The number of carbonyl (C=O) groups excluding carboxylic acids is 1. The van der Waals surface area contributed by atoms with Gasteiger partial charge in [0.1, 0.15) is 0 Å². The summed E-state index contributed by atoms with van der Waals surface area (Å²) < 4.78 is 0. The summed E-state index contributed by atoms with van der Waals surface area (Å²) in [5, 5.41) is 0. The first-order valence-electron chi connectivity index (χ1n) is 9.05. The number of rotatable bonds is 2. The number of hydrogen-bond acceptors (Lipinski definition) is 1. The Labute approximate surface area is 125 Å². The molecule has 2 aliphatic rings. The first-order valence-corrected chi connectivity index (χ1v) is 9.05. The van der Waals surface area contributed by atoms with E-state index in [4.69, 9.17) is 0 Å². The zero-order chi connectivity index (χ0) is 14.4. The maximum atomic E-state index is 12.6. The van der Waals surface area contributed by atoms with Crippen molar-refractivity contribution in [1.82, 2.24) is 0 Å². The summed E-state index contributed by atoms with van der Waals surface area (Å²) in [6.45, 7) is 4.38. The van der Waals surface area contributed by atoms with E-state index in [2.05, 4.69) is 13.8 Å². The Morgan fingerprint density at radius 2 is 1.50 bits per heavy atom. The van der Waals surface area contributed by atoms with Crippen LogP contribution < -0.4 is 0 Å². The van der Waals surface area contributed by atoms with Gasteiger partial charge in [0.25, 0.3) is 0 Å². The van der Waals surface area contributed by atoms with Gasteiger partial charge in [-0.05, 0) is 43.6 Å². The third kappa shape index (κ3) is 3.54. The van der Waals surface area contributed by atoms with Crippen LogP contribution in [0, 0.1) is 11.8 Å². The van der Waals surface area contributed by atoms with Crippen molar-refractivity contribution in [3.8, 4) is 0 Å². The van der Waals surface area contributed by atoms with Crippen LogP contribution in [-0.2, 0) is 4.79 Å². The molecule has 114 valence electrons. The molecule has 0 saturated heterocycles. The Kier molecular flexibility index (Phi) is 6.32. The van der Waals surface area contributed by atoms with Crippen molar-refractivity contribution in [2.24, 2.45) is 11.8 Å². The van der Waals surface area contributed by atoms with Crippen molar-refractivity contribution >= 4 is 5.78 Å². The molecule has 2 atom stereocenters. The topological polar surface area (TPSA) is 17.1 Å². The second kappa shape index (κ2) is 8.00. The van der Waals surface area contributed by atoms with Gasteiger partial charge in [-0.1, -0.05) is 64.4 Å². The fourth-order valence-electron chi connectivity index (χ4n) is 4.35. The van der Waals surface area contributed by atoms with Gasteiger partial charge >= 0.3 is 0 Å². The average molecular weight is 276 g/mol. The fraction of sp³-hybridized carbons (Fsp3) is 0.842. The Morgan fingerprint density at radius 1 is 0.900 bits per heavy atom. The highest BCUT2D eigenvalue weighted by Gasteiger charge is 2.38. The van der Waals surface area contributed by atoms with Crippen LogP contribution in [0.2, 0.25) is 0 Å². The van der Waals surface area contributed by atoms with E-state index in [1.807, 2.05) is 0 Å².